The summed E-state index contributed by atoms with van der Waals surface area (Å²) in [5.74, 6) is -0.246. The molecule has 5 heteroatoms. The lowest BCUT2D eigenvalue weighted by molar-refractivity contribution is -0.144. The first-order valence-electron chi connectivity index (χ1n) is 5.21. The summed E-state index contributed by atoms with van der Waals surface area (Å²) in [6.45, 7) is 5.47. The summed E-state index contributed by atoms with van der Waals surface area (Å²) in [7, 11) is 1.79. The molecule has 0 unspecified atom stereocenters. The van der Waals surface area contributed by atoms with Gasteiger partial charge in [-0.15, -0.1) is 0 Å². The first-order valence-corrected chi connectivity index (χ1v) is 5.21. The summed E-state index contributed by atoms with van der Waals surface area (Å²) in [5.41, 5.74) is 0. The minimum Gasteiger partial charge on any atom is -0.465 e. The van der Waals surface area contributed by atoms with Gasteiger partial charge in [0.25, 0.3) is 0 Å². The number of amides is 1. The van der Waals surface area contributed by atoms with Crippen LogP contribution < -0.4 is 5.32 Å². The van der Waals surface area contributed by atoms with E-state index in [1.54, 1.807) is 18.9 Å². The highest BCUT2D eigenvalue weighted by molar-refractivity contribution is 5.76. The third-order valence-corrected chi connectivity index (χ3v) is 1.80. The van der Waals surface area contributed by atoms with E-state index in [0.29, 0.717) is 26.1 Å². The summed E-state index contributed by atoms with van der Waals surface area (Å²) in [4.78, 5) is 23.9. The van der Waals surface area contributed by atoms with E-state index in [-0.39, 0.29) is 18.4 Å². The fourth-order valence-electron chi connectivity index (χ4n) is 1.08. The van der Waals surface area contributed by atoms with Gasteiger partial charge in [0.15, 0.2) is 0 Å². The molecule has 0 aliphatic heterocycles. The lowest BCUT2D eigenvalue weighted by atomic mass is 10.3. The molecule has 0 aromatic carbocycles. The predicted molar refractivity (Wildman–Crippen MR) is 57.4 cm³/mol. The number of ether oxygens (including phenoxy) is 1. The fourth-order valence-corrected chi connectivity index (χ4v) is 1.08. The van der Waals surface area contributed by atoms with Crippen molar-refractivity contribution in [2.45, 2.75) is 20.3 Å². The molecular formula is C10H20N2O3. The molecule has 0 aromatic rings. The molecule has 1 amide bonds. The summed E-state index contributed by atoms with van der Waals surface area (Å²) >= 11 is 0. The third kappa shape index (κ3) is 7.93. The molecule has 88 valence electrons. The van der Waals surface area contributed by atoms with Gasteiger partial charge in [-0.05, 0) is 20.9 Å². The molecule has 1 N–H and O–H groups in total. The van der Waals surface area contributed by atoms with Gasteiger partial charge in [-0.2, -0.15) is 0 Å². The quantitative estimate of drug-likeness (QED) is 0.609. The number of rotatable bonds is 7. The van der Waals surface area contributed by atoms with Crippen molar-refractivity contribution >= 4 is 11.9 Å². The zero-order valence-corrected chi connectivity index (χ0v) is 9.71. The highest BCUT2D eigenvalue weighted by Gasteiger charge is 2.08. The number of likely N-dealkylation sites (N-methyl/N-ethyl adjacent to an activating group) is 1. The van der Waals surface area contributed by atoms with Gasteiger partial charge in [0.1, 0.15) is 0 Å². The Kier molecular flexibility index (Phi) is 7.62. The molecule has 0 saturated heterocycles. The van der Waals surface area contributed by atoms with E-state index in [9.17, 15) is 9.59 Å². The van der Waals surface area contributed by atoms with Crippen LogP contribution in [0.4, 0.5) is 0 Å². The Labute approximate surface area is 90.8 Å². The van der Waals surface area contributed by atoms with E-state index in [0.717, 1.165) is 0 Å². The fraction of sp³-hybridized carbons (Fsp3) is 0.800. The van der Waals surface area contributed by atoms with E-state index < -0.39 is 0 Å². The van der Waals surface area contributed by atoms with Crippen LogP contribution in [0, 0.1) is 0 Å². The molecule has 0 radical (unpaired) electrons. The van der Waals surface area contributed by atoms with Crippen LogP contribution in [0.2, 0.25) is 0 Å². The van der Waals surface area contributed by atoms with Crippen molar-refractivity contribution in [1.29, 1.82) is 0 Å². The van der Waals surface area contributed by atoms with Gasteiger partial charge >= 0.3 is 5.97 Å². The van der Waals surface area contributed by atoms with Crippen molar-refractivity contribution in [1.82, 2.24) is 10.2 Å². The molecular weight excluding hydrogens is 196 g/mol. The number of carbonyl (C=O) groups excluding carboxylic acids is 2. The first kappa shape index (κ1) is 13.9. The highest BCUT2D eigenvalue weighted by atomic mass is 16.5. The molecule has 15 heavy (non-hydrogen) atoms. The van der Waals surface area contributed by atoms with Crippen molar-refractivity contribution in [3.8, 4) is 0 Å². The maximum Gasteiger partial charge on any atom is 0.320 e. The number of nitrogens with one attached hydrogen (secondary N) is 1. The predicted octanol–water partition coefficient (Wildman–Crippen LogP) is 0.00750. The largest absolute Gasteiger partial charge is 0.465 e. The maximum atomic E-state index is 11.1. The Morgan fingerprint density at radius 2 is 2.00 bits per heavy atom. The molecule has 0 fully saturated rings. The second-order valence-electron chi connectivity index (χ2n) is 3.25. The van der Waals surface area contributed by atoms with Gasteiger partial charge in [0.05, 0.1) is 13.2 Å². The second kappa shape index (κ2) is 8.23. The molecule has 0 bridgehead atoms. The number of hydrogen-bond acceptors (Lipinski definition) is 4. The van der Waals surface area contributed by atoms with Crippen molar-refractivity contribution in [2.24, 2.45) is 0 Å². The second-order valence-corrected chi connectivity index (χ2v) is 3.25. The molecule has 5 nitrogen and oxygen atoms in total. The Hall–Kier alpha value is -1.10. The van der Waals surface area contributed by atoms with Gasteiger partial charge in [-0.1, -0.05) is 0 Å². The van der Waals surface area contributed by atoms with Crippen molar-refractivity contribution < 1.29 is 14.3 Å². The van der Waals surface area contributed by atoms with Gasteiger partial charge in [0.2, 0.25) is 5.91 Å². The SMILES string of the molecule is CCNC(=O)CCN(C)CC(=O)OCC. The molecule has 0 aromatic heterocycles. The summed E-state index contributed by atoms with van der Waals surface area (Å²) in [6, 6.07) is 0. The minimum absolute atomic E-state index is 0.00760. The average molecular weight is 216 g/mol. The van der Waals surface area contributed by atoms with Crippen molar-refractivity contribution in [3.05, 3.63) is 0 Å². The Bertz CT molecular complexity index is 207. The van der Waals surface area contributed by atoms with Crippen LogP contribution in [-0.2, 0) is 14.3 Å². The standard InChI is InChI=1S/C10H20N2O3/c1-4-11-9(13)6-7-12(3)8-10(14)15-5-2/h4-8H2,1-3H3,(H,11,13). The number of hydrogen-bond donors (Lipinski definition) is 1. The van der Waals surface area contributed by atoms with E-state index in [1.165, 1.54) is 0 Å². The average Bonchev–Trinajstić information content (AvgIpc) is 2.15. The third-order valence-electron chi connectivity index (χ3n) is 1.80. The Balaban J connectivity index is 3.60. The topological polar surface area (TPSA) is 58.6 Å². The lowest BCUT2D eigenvalue weighted by Crippen LogP contribution is -2.32. The molecule has 0 heterocycles. The molecule has 0 atom stereocenters. The molecule has 0 rings (SSSR count). The van der Waals surface area contributed by atoms with Gasteiger partial charge in [-0.25, -0.2) is 0 Å². The van der Waals surface area contributed by atoms with Crippen LogP contribution in [-0.4, -0.2) is 50.1 Å². The zero-order valence-electron chi connectivity index (χ0n) is 9.71. The molecule has 0 saturated carbocycles. The van der Waals surface area contributed by atoms with Crippen LogP contribution in [0.25, 0.3) is 0 Å². The zero-order chi connectivity index (χ0) is 11.7. The summed E-state index contributed by atoms with van der Waals surface area (Å²) < 4.78 is 4.79. The summed E-state index contributed by atoms with van der Waals surface area (Å²) in [6.07, 6.45) is 0.406. The maximum absolute atomic E-state index is 11.1. The van der Waals surface area contributed by atoms with Crippen molar-refractivity contribution in [3.63, 3.8) is 0 Å². The van der Waals surface area contributed by atoms with Gasteiger partial charge in [-0.3, -0.25) is 14.5 Å². The minimum atomic E-state index is -0.254. The first-order chi connectivity index (χ1) is 7.10. The molecule has 0 aliphatic rings. The van der Waals surface area contributed by atoms with Gasteiger partial charge < -0.3 is 10.1 Å². The van der Waals surface area contributed by atoms with Crippen LogP contribution in [0.15, 0.2) is 0 Å². The van der Waals surface area contributed by atoms with Crippen molar-refractivity contribution in [2.75, 3.05) is 33.3 Å². The van der Waals surface area contributed by atoms with E-state index in [4.69, 9.17) is 4.74 Å². The summed E-state index contributed by atoms with van der Waals surface area (Å²) in [5, 5.41) is 2.70. The molecule has 0 spiro atoms. The number of carbonyl (C=O) groups is 2. The van der Waals surface area contributed by atoms with Crippen LogP contribution in [0.3, 0.4) is 0 Å². The van der Waals surface area contributed by atoms with E-state index in [1.807, 2.05) is 6.92 Å². The van der Waals surface area contributed by atoms with E-state index >= 15 is 0 Å². The van der Waals surface area contributed by atoms with Crippen LogP contribution >= 0.6 is 0 Å². The monoisotopic (exact) mass is 216 g/mol. The number of nitrogens with zero attached hydrogens (tertiary/aromatic N) is 1. The van der Waals surface area contributed by atoms with Crippen LogP contribution in [0.5, 0.6) is 0 Å². The van der Waals surface area contributed by atoms with Crippen LogP contribution in [0.1, 0.15) is 20.3 Å². The van der Waals surface area contributed by atoms with Gasteiger partial charge in [0, 0.05) is 19.5 Å². The molecule has 0 aliphatic carbocycles. The Morgan fingerprint density at radius 1 is 1.33 bits per heavy atom. The normalized spacial score (nSPS) is 10.1. The van der Waals surface area contributed by atoms with E-state index in [2.05, 4.69) is 5.32 Å². The number of esters is 1. The lowest BCUT2D eigenvalue weighted by Gasteiger charge is -2.14. The Morgan fingerprint density at radius 3 is 2.53 bits per heavy atom. The highest BCUT2D eigenvalue weighted by Crippen LogP contribution is 1.89. The smallest absolute Gasteiger partial charge is 0.320 e.